The molecule has 0 heterocycles. The van der Waals surface area contributed by atoms with Crippen molar-refractivity contribution in [1.82, 2.24) is 0 Å². The third kappa shape index (κ3) is 1.68. The predicted molar refractivity (Wildman–Crippen MR) is 76.7 cm³/mol. The van der Waals surface area contributed by atoms with Gasteiger partial charge in [0.05, 0.1) is 5.60 Å². The molecule has 0 aliphatic rings. The summed E-state index contributed by atoms with van der Waals surface area (Å²) in [5.74, 6) is 0. The fourth-order valence-electron chi connectivity index (χ4n) is 2.57. The summed E-state index contributed by atoms with van der Waals surface area (Å²) in [7, 11) is 0. The molecule has 1 nitrogen and oxygen atoms in total. The van der Waals surface area contributed by atoms with Crippen LogP contribution >= 0.6 is 0 Å². The number of aliphatic hydroxyl groups is 1. The summed E-state index contributed by atoms with van der Waals surface area (Å²) in [6, 6.07) is 18.7. The number of hydrogen-bond acceptors (Lipinski definition) is 1. The lowest BCUT2D eigenvalue weighted by atomic mass is 9.90. The van der Waals surface area contributed by atoms with Gasteiger partial charge < -0.3 is 5.11 Å². The van der Waals surface area contributed by atoms with E-state index >= 15 is 0 Å². The Labute approximate surface area is 107 Å². The lowest BCUT2D eigenvalue weighted by Gasteiger charge is -2.20. The van der Waals surface area contributed by atoms with Crippen LogP contribution < -0.4 is 0 Å². The highest BCUT2D eigenvalue weighted by Crippen LogP contribution is 2.32. The molecule has 1 heteroatoms. The minimum absolute atomic E-state index is 0.817. The van der Waals surface area contributed by atoms with Gasteiger partial charge in [-0.1, -0.05) is 54.6 Å². The molecule has 0 unspecified atom stereocenters. The van der Waals surface area contributed by atoms with Gasteiger partial charge in [-0.15, -0.1) is 0 Å². The van der Waals surface area contributed by atoms with Crippen LogP contribution in [0.25, 0.3) is 21.5 Å². The summed E-state index contributed by atoms with van der Waals surface area (Å²) >= 11 is 0. The van der Waals surface area contributed by atoms with E-state index in [-0.39, 0.29) is 0 Å². The van der Waals surface area contributed by atoms with E-state index in [1.165, 1.54) is 16.2 Å². The summed E-state index contributed by atoms with van der Waals surface area (Å²) in [6.07, 6.45) is 0. The zero-order valence-electron chi connectivity index (χ0n) is 10.6. The first-order chi connectivity index (χ1) is 8.57. The topological polar surface area (TPSA) is 20.2 Å². The number of fused-ring (bicyclic) bond motifs is 3. The van der Waals surface area contributed by atoms with Crippen LogP contribution in [0.3, 0.4) is 0 Å². The lowest BCUT2D eigenvalue weighted by molar-refractivity contribution is 0.0802. The smallest absolute Gasteiger partial charge is 0.0846 e. The van der Waals surface area contributed by atoms with Crippen molar-refractivity contribution >= 4 is 21.5 Å². The molecule has 0 aliphatic carbocycles. The molecule has 3 rings (SSSR count). The minimum Gasteiger partial charge on any atom is -0.386 e. The lowest BCUT2D eigenvalue weighted by Crippen LogP contribution is -2.15. The van der Waals surface area contributed by atoms with Crippen LogP contribution in [0.1, 0.15) is 19.4 Å². The zero-order valence-corrected chi connectivity index (χ0v) is 10.6. The van der Waals surface area contributed by atoms with Crippen molar-refractivity contribution in [2.45, 2.75) is 19.4 Å². The first kappa shape index (κ1) is 11.2. The summed E-state index contributed by atoms with van der Waals surface area (Å²) in [4.78, 5) is 0. The van der Waals surface area contributed by atoms with Gasteiger partial charge in [0.1, 0.15) is 0 Å². The van der Waals surface area contributed by atoms with E-state index in [1.807, 2.05) is 32.0 Å². The second kappa shape index (κ2) is 3.82. The van der Waals surface area contributed by atoms with Crippen molar-refractivity contribution in [3.8, 4) is 0 Å². The maximum absolute atomic E-state index is 10.3. The van der Waals surface area contributed by atoms with Crippen LogP contribution in [0, 0.1) is 0 Å². The highest BCUT2D eigenvalue weighted by Gasteiger charge is 2.18. The Balaban J connectivity index is 2.48. The molecule has 0 aromatic heterocycles. The monoisotopic (exact) mass is 236 g/mol. The standard InChI is InChI=1S/C17H16O/c1-17(2,18)16-9-5-8-14-13-7-4-3-6-12(13)10-11-15(14)16/h3-11,18H,1-2H3. The summed E-state index contributed by atoms with van der Waals surface area (Å²) < 4.78 is 0. The van der Waals surface area contributed by atoms with Crippen LogP contribution in [0.2, 0.25) is 0 Å². The Morgan fingerprint density at radius 3 is 2.22 bits per heavy atom. The van der Waals surface area contributed by atoms with Gasteiger partial charge in [-0.2, -0.15) is 0 Å². The van der Waals surface area contributed by atoms with Crippen LogP contribution in [-0.4, -0.2) is 5.11 Å². The molecule has 1 N–H and O–H groups in total. The van der Waals surface area contributed by atoms with Gasteiger partial charge in [0, 0.05) is 0 Å². The molecule has 90 valence electrons. The van der Waals surface area contributed by atoms with E-state index < -0.39 is 5.60 Å². The van der Waals surface area contributed by atoms with Crippen molar-refractivity contribution in [2.75, 3.05) is 0 Å². The fraction of sp³-hybridized carbons (Fsp3) is 0.176. The van der Waals surface area contributed by atoms with Crippen LogP contribution in [-0.2, 0) is 5.60 Å². The molecule has 3 aromatic rings. The quantitative estimate of drug-likeness (QED) is 0.627. The third-order valence-electron chi connectivity index (χ3n) is 3.45. The Bertz CT molecular complexity index is 720. The molecule has 3 aromatic carbocycles. The van der Waals surface area contributed by atoms with E-state index in [0.717, 1.165) is 10.9 Å². The predicted octanol–water partition coefficient (Wildman–Crippen LogP) is 4.22. The molecule has 0 fully saturated rings. The Kier molecular flexibility index (Phi) is 2.39. The average Bonchev–Trinajstić information content (AvgIpc) is 2.36. The van der Waals surface area contributed by atoms with Crippen molar-refractivity contribution in [3.05, 3.63) is 60.2 Å². The Morgan fingerprint density at radius 2 is 1.44 bits per heavy atom. The number of rotatable bonds is 1. The molecule has 0 aliphatic heterocycles. The SMILES string of the molecule is CC(C)(O)c1cccc2c1ccc1ccccc12. The summed E-state index contributed by atoms with van der Waals surface area (Å²) in [5.41, 5.74) is 0.160. The van der Waals surface area contributed by atoms with Gasteiger partial charge in [0.2, 0.25) is 0 Å². The highest BCUT2D eigenvalue weighted by atomic mass is 16.3. The second-order valence-electron chi connectivity index (χ2n) is 5.25. The van der Waals surface area contributed by atoms with Gasteiger partial charge in [-0.3, -0.25) is 0 Å². The van der Waals surface area contributed by atoms with Gasteiger partial charge >= 0.3 is 0 Å². The van der Waals surface area contributed by atoms with E-state index in [1.54, 1.807) is 0 Å². The fourth-order valence-corrected chi connectivity index (χ4v) is 2.57. The van der Waals surface area contributed by atoms with Gasteiger partial charge in [-0.25, -0.2) is 0 Å². The number of benzene rings is 3. The van der Waals surface area contributed by atoms with Crippen LogP contribution in [0.15, 0.2) is 54.6 Å². The van der Waals surface area contributed by atoms with Crippen molar-refractivity contribution in [2.24, 2.45) is 0 Å². The zero-order chi connectivity index (χ0) is 12.8. The van der Waals surface area contributed by atoms with E-state index in [9.17, 15) is 5.11 Å². The molecule has 0 spiro atoms. The highest BCUT2D eigenvalue weighted by molar-refractivity contribution is 6.08. The summed E-state index contributed by atoms with van der Waals surface area (Å²) in [5, 5.41) is 15.1. The molecule has 0 bridgehead atoms. The molecule has 18 heavy (non-hydrogen) atoms. The Morgan fingerprint density at radius 1 is 0.722 bits per heavy atom. The van der Waals surface area contributed by atoms with Crippen molar-refractivity contribution < 1.29 is 5.11 Å². The molecular formula is C17H16O. The van der Waals surface area contributed by atoms with E-state index in [4.69, 9.17) is 0 Å². The minimum atomic E-state index is -0.817. The third-order valence-corrected chi connectivity index (χ3v) is 3.45. The van der Waals surface area contributed by atoms with E-state index in [2.05, 4.69) is 36.4 Å². The normalized spacial score (nSPS) is 12.2. The Hall–Kier alpha value is -1.86. The van der Waals surface area contributed by atoms with Crippen molar-refractivity contribution in [1.29, 1.82) is 0 Å². The summed E-state index contributed by atoms with van der Waals surface area (Å²) in [6.45, 7) is 3.66. The average molecular weight is 236 g/mol. The molecular weight excluding hydrogens is 220 g/mol. The van der Waals surface area contributed by atoms with Crippen LogP contribution in [0.5, 0.6) is 0 Å². The largest absolute Gasteiger partial charge is 0.386 e. The second-order valence-corrected chi connectivity index (χ2v) is 5.25. The van der Waals surface area contributed by atoms with Gasteiger partial charge in [-0.05, 0) is 41.0 Å². The van der Waals surface area contributed by atoms with E-state index in [0.29, 0.717) is 0 Å². The molecule has 0 saturated carbocycles. The molecule has 0 radical (unpaired) electrons. The maximum Gasteiger partial charge on any atom is 0.0846 e. The van der Waals surface area contributed by atoms with Crippen LogP contribution in [0.4, 0.5) is 0 Å². The molecule has 0 atom stereocenters. The van der Waals surface area contributed by atoms with Gasteiger partial charge in [0.15, 0.2) is 0 Å². The molecule has 0 saturated heterocycles. The molecule has 0 amide bonds. The first-order valence-electron chi connectivity index (χ1n) is 6.21. The first-order valence-corrected chi connectivity index (χ1v) is 6.21. The number of hydrogen-bond donors (Lipinski definition) is 1. The van der Waals surface area contributed by atoms with Crippen molar-refractivity contribution in [3.63, 3.8) is 0 Å². The van der Waals surface area contributed by atoms with Gasteiger partial charge in [0.25, 0.3) is 0 Å². The maximum atomic E-state index is 10.3.